The van der Waals surface area contributed by atoms with Crippen LogP contribution < -0.4 is 9.30 Å². The summed E-state index contributed by atoms with van der Waals surface area (Å²) in [5.74, 6) is 2.84. The van der Waals surface area contributed by atoms with Crippen LogP contribution in [0.25, 0.3) is 32.9 Å². The van der Waals surface area contributed by atoms with Crippen molar-refractivity contribution in [1.29, 1.82) is 0 Å². The van der Waals surface area contributed by atoms with Gasteiger partial charge >= 0.3 is 0 Å². The first-order valence-corrected chi connectivity index (χ1v) is 11.0. The summed E-state index contributed by atoms with van der Waals surface area (Å²) >= 11 is 0. The van der Waals surface area contributed by atoms with Crippen molar-refractivity contribution in [2.24, 2.45) is 7.05 Å². The van der Waals surface area contributed by atoms with Gasteiger partial charge in [0.15, 0.2) is 0 Å². The number of rotatable bonds is 2. The molecule has 152 valence electrons. The molecule has 2 nitrogen and oxygen atoms in total. The second kappa shape index (κ2) is 6.57. The van der Waals surface area contributed by atoms with Crippen molar-refractivity contribution < 1.29 is 9.30 Å². The molecule has 0 N–H and O–H groups in total. The zero-order valence-electron chi connectivity index (χ0n) is 19.1. The lowest BCUT2D eigenvalue weighted by atomic mass is 9.86. The molecular weight excluding hydrogens is 366 g/mol. The largest absolute Gasteiger partial charge is 0.449 e. The topological polar surface area (TPSA) is 13.1 Å². The van der Waals surface area contributed by atoms with E-state index in [1.807, 2.05) is 0 Å². The minimum Gasteiger partial charge on any atom is -0.449 e. The number of hydrogen-bond acceptors (Lipinski definition) is 1. The van der Waals surface area contributed by atoms with E-state index in [1.165, 1.54) is 55.2 Å². The minimum absolute atomic E-state index is 0.361. The normalized spacial score (nSPS) is 12.7. The minimum atomic E-state index is 0.361. The Morgan fingerprint density at radius 1 is 0.900 bits per heavy atom. The fourth-order valence-corrected chi connectivity index (χ4v) is 5.06. The zero-order valence-corrected chi connectivity index (χ0v) is 19.1. The van der Waals surface area contributed by atoms with Crippen LogP contribution in [0.5, 0.6) is 11.5 Å². The molecule has 0 saturated carbocycles. The molecule has 0 saturated heterocycles. The zero-order chi connectivity index (χ0) is 21.3. The van der Waals surface area contributed by atoms with Crippen molar-refractivity contribution in [3.8, 4) is 22.8 Å². The SMILES string of the molecule is Cc1cc2cc(C(C)C)cc3c2c(c1C)-c1c(c(C(C)C)c2ccccc2[n+]1C)O3. The van der Waals surface area contributed by atoms with Gasteiger partial charge in [-0.25, -0.2) is 0 Å². The van der Waals surface area contributed by atoms with Crippen molar-refractivity contribution in [3.05, 3.63) is 64.7 Å². The Kier molecular flexibility index (Phi) is 4.18. The van der Waals surface area contributed by atoms with E-state index in [1.54, 1.807) is 0 Å². The van der Waals surface area contributed by atoms with E-state index in [9.17, 15) is 0 Å². The third-order valence-corrected chi connectivity index (χ3v) is 6.79. The van der Waals surface area contributed by atoms with Crippen molar-refractivity contribution in [1.82, 2.24) is 0 Å². The van der Waals surface area contributed by atoms with E-state index < -0.39 is 0 Å². The third kappa shape index (κ3) is 2.52. The van der Waals surface area contributed by atoms with Gasteiger partial charge in [0.1, 0.15) is 12.8 Å². The van der Waals surface area contributed by atoms with Crippen LogP contribution in [0.2, 0.25) is 0 Å². The van der Waals surface area contributed by atoms with Crippen LogP contribution in [0.3, 0.4) is 0 Å². The number of hydrogen-bond donors (Lipinski definition) is 0. The van der Waals surface area contributed by atoms with Crippen LogP contribution >= 0.6 is 0 Å². The fraction of sp³-hybridized carbons (Fsp3) is 0.321. The molecule has 0 radical (unpaired) electrons. The first-order chi connectivity index (χ1) is 14.3. The Bertz CT molecular complexity index is 1340. The van der Waals surface area contributed by atoms with Crippen molar-refractivity contribution >= 4 is 21.7 Å². The highest BCUT2D eigenvalue weighted by molar-refractivity contribution is 6.06. The maximum Gasteiger partial charge on any atom is 0.257 e. The maximum atomic E-state index is 6.80. The van der Waals surface area contributed by atoms with Gasteiger partial charge < -0.3 is 4.74 Å². The lowest BCUT2D eigenvalue weighted by Gasteiger charge is -2.26. The van der Waals surface area contributed by atoms with Gasteiger partial charge in [-0.1, -0.05) is 52.0 Å². The number of aromatic nitrogens is 1. The molecule has 1 aliphatic rings. The molecule has 0 amide bonds. The van der Waals surface area contributed by atoms with E-state index in [0.717, 1.165) is 11.5 Å². The molecule has 2 heterocycles. The highest BCUT2D eigenvalue weighted by atomic mass is 16.5. The molecule has 0 atom stereocenters. The van der Waals surface area contributed by atoms with Crippen LogP contribution in [0.4, 0.5) is 0 Å². The number of para-hydroxylation sites is 1. The highest BCUT2D eigenvalue weighted by Gasteiger charge is 2.35. The van der Waals surface area contributed by atoms with E-state index >= 15 is 0 Å². The molecule has 2 heteroatoms. The Hall–Kier alpha value is -2.87. The Labute approximate surface area is 179 Å². The standard InChI is InChI=1S/C28H30NO/c1-15(2)19-13-20-12-17(5)18(6)25-26(20)23(14-19)30-28-24(16(3)4)21-10-8-9-11-22(21)29(7)27(25)28/h8-16H,1-7H3/q+1. The van der Waals surface area contributed by atoms with Gasteiger partial charge in [-0.05, 0) is 59.9 Å². The summed E-state index contributed by atoms with van der Waals surface area (Å²) in [4.78, 5) is 0. The average Bonchev–Trinajstić information content (AvgIpc) is 2.70. The van der Waals surface area contributed by atoms with Crippen LogP contribution in [0.15, 0.2) is 42.5 Å². The Morgan fingerprint density at radius 3 is 2.33 bits per heavy atom. The molecule has 4 aromatic rings. The third-order valence-electron chi connectivity index (χ3n) is 6.79. The van der Waals surface area contributed by atoms with E-state index in [4.69, 9.17) is 4.74 Å². The van der Waals surface area contributed by atoms with Gasteiger partial charge in [-0.15, -0.1) is 0 Å². The molecule has 1 aromatic heterocycles. The molecule has 0 bridgehead atoms. The molecule has 0 unspecified atom stereocenters. The first-order valence-electron chi connectivity index (χ1n) is 11.0. The second-order valence-corrected chi connectivity index (χ2v) is 9.39. The highest BCUT2D eigenvalue weighted by Crippen LogP contribution is 2.51. The van der Waals surface area contributed by atoms with Gasteiger partial charge in [0.25, 0.3) is 5.69 Å². The summed E-state index contributed by atoms with van der Waals surface area (Å²) in [6.45, 7) is 13.5. The molecule has 1 aliphatic heterocycles. The molecule has 5 rings (SSSR count). The number of nitrogens with zero attached hydrogens (tertiary/aromatic N) is 1. The Balaban J connectivity index is 2.03. The lowest BCUT2D eigenvalue weighted by Crippen LogP contribution is -2.34. The van der Waals surface area contributed by atoms with Crippen molar-refractivity contribution in [3.63, 3.8) is 0 Å². The number of pyridine rings is 1. The molecule has 3 aromatic carbocycles. The van der Waals surface area contributed by atoms with Crippen LogP contribution in [-0.4, -0.2) is 0 Å². The summed E-state index contributed by atoms with van der Waals surface area (Å²) < 4.78 is 9.13. The fourth-order valence-electron chi connectivity index (χ4n) is 5.06. The van der Waals surface area contributed by atoms with Gasteiger partial charge in [-0.3, -0.25) is 0 Å². The Morgan fingerprint density at radius 2 is 1.63 bits per heavy atom. The summed E-state index contributed by atoms with van der Waals surface area (Å²) in [6.07, 6.45) is 0. The maximum absolute atomic E-state index is 6.80. The summed E-state index contributed by atoms with van der Waals surface area (Å²) in [6, 6.07) is 15.6. The van der Waals surface area contributed by atoms with Crippen LogP contribution in [0, 0.1) is 13.8 Å². The van der Waals surface area contributed by atoms with Gasteiger partial charge in [0, 0.05) is 17.0 Å². The number of fused-ring (bicyclic) bond motifs is 3. The van der Waals surface area contributed by atoms with Gasteiger partial charge in [-0.2, -0.15) is 4.57 Å². The predicted octanol–water partition coefficient (Wildman–Crippen LogP) is 7.45. The van der Waals surface area contributed by atoms with E-state index in [-0.39, 0.29) is 0 Å². The first kappa shape index (κ1) is 19.1. The van der Waals surface area contributed by atoms with E-state index in [0.29, 0.717) is 11.8 Å². The van der Waals surface area contributed by atoms with E-state index in [2.05, 4.69) is 95.6 Å². The quantitative estimate of drug-likeness (QED) is 0.282. The summed E-state index contributed by atoms with van der Waals surface area (Å²) in [5, 5.41) is 3.80. The lowest BCUT2D eigenvalue weighted by molar-refractivity contribution is -0.633. The van der Waals surface area contributed by atoms with Gasteiger partial charge in [0.2, 0.25) is 11.3 Å². The van der Waals surface area contributed by atoms with Crippen LogP contribution in [-0.2, 0) is 7.05 Å². The summed E-state index contributed by atoms with van der Waals surface area (Å²) in [7, 11) is 2.18. The molecule has 0 aliphatic carbocycles. The monoisotopic (exact) mass is 396 g/mol. The molecule has 0 fully saturated rings. The summed E-state index contributed by atoms with van der Waals surface area (Å²) in [5.41, 5.74) is 9.07. The van der Waals surface area contributed by atoms with Crippen molar-refractivity contribution in [2.75, 3.05) is 0 Å². The molecular formula is C28H30NO+. The van der Waals surface area contributed by atoms with Crippen LogP contribution in [0.1, 0.15) is 61.8 Å². The predicted molar refractivity (Wildman–Crippen MR) is 126 cm³/mol. The van der Waals surface area contributed by atoms with Gasteiger partial charge in [0.05, 0.1) is 10.9 Å². The second-order valence-electron chi connectivity index (χ2n) is 9.39. The smallest absolute Gasteiger partial charge is 0.257 e. The number of benzene rings is 3. The molecule has 0 spiro atoms. The average molecular weight is 397 g/mol. The number of aryl methyl sites for hydroxylation is 2. The van der Waals surface area contributed by atoms with Crippen molar-refractivity contribution in [2.45, 2.75) is 53.4 Å². The number of ether oxygens (including phenoxy) is 1. The molecule has 30 heavy (non-hydrogen) atoms.